The van der Waals surface area contributed by atoms with Crippen LogP contribution in [-0.2, 0) is 17.8 Å². The van der Waals surface area contributed by atoms with Gasteiger partial charge in [-0.2, -0.15) is 0 Å². The number of hydrogen-bond donors (Lipinski definition) is 1. The van der Waals surface area contributed by atoms with E-state index in [2.05, 4.69) is 5.32 Å². The third-order valence-corrected chi connectivity index (χ3v) is 4.59. The zero-order chi connectivity index (χ0) is 18.5. The maximum Gasteiger partial charge on any atom is 0.251 e. The minimum Gasteiger partial charge on any atom is -0.494 e. The molecule has 0 unspecified atom stereocenters. The van der Waals surface area contributed by atoms with Gasteiger partial charge in [0, 0.05) is 36.3 Å². The van der Waals surface area contributed by atoms with Gasteiger partial charge in [0.1, 0.15) is 5.75 Å². The van der Waals surface area contributed by atoms with Crippen LogP contribution in [0.15, 0.2) is 42.5 Å². The molecule has 2 amide bonds. The van der Waals surface area contributed by atoms with E-state index in [1.165, 1.54) is 0 Å². The number of para-hydroxylation sites is 1. The third-order valence-electron chi connectivity index (χ3n) is 4.59. The van der Waals surface area contributed by atoms with Gasteiger partial charge in [-0.25, -0.2) is 0 Å². The van der Waals surface area contributed by atoms with Crippen LogP contribution in [0.2, 0.25) is 0 Å². The largest absolute Gasteiger partial charge is 0.494 e. The summed E-state index contributed by atoms with van der Waals surface area (Å²) in [6.07, 6.45) is 1.17. The number of benzene rings is 2. The fraction of sp³-hybridized carbons (Fsp3) is 0.333. The zero-order valence-electron chi connectivity index (χ0n) is 15.2. The van der Waals surface area contributed by atoms with Crippen LogP contribution in [0.25, 0.3) is 0 Å². The minimum atomic E-state index is -0.126. The number of amides is 2. The third kappa shape index (κ3) is 3.57. The summed E-state index contributed by atoms with van der Waals surface area (Å²) >= 11 is 0. The maximum atomic E-state index is 12.7. The summed E-state index contributed by atoms with van der Waals surface area (Å²) in [5, 5.41) is 2.98. The van der Waals surface area contributed by atoms with Gasteiger partial charge in [-0.1, -0.05) is 31.2 Å². The fourth-order valence-electron chi connectivity index (χ4n) is 3.31. The summed E-state index contributed by atoms with van der Waals surface area (Å²) < 4.78 is 5.61. The molecule has 5 nitrogen and oxygen atoms in total. The highest BCUT2D eigenvalue weighted by atomic mass is 16.5. The molecule has 1 N–H and O–H groups in total. The molecule has 0 radical (unpaired) electrons. The zero-order valence-corrected chi connectivity index (χ0v) is 15.2. The van der Waals surface area contributed by atoms with Crippen molar-refractivity contribution in [2.75, 3.05) is 18.1 Å². The van der Waals surface area contributed by atoms with Crippen molar-refractivity contribution >= 4 is 17.5 Å². The van der Waals surface area contributed by atoms with Crippen molar-refractivity contribution in [3.8, 4) is 5.75 Å². The highest BCUT2D eigenvalue weighted by Gasteiger charge is 2.27. The van der Waals surface area contributed by atoms with Crippen molar-refractivity contribution in [1.29, 1.82) is 0 Å². The van der Waals surface area contributed by atoms with Gasteiger partial charge >= 0.3 is 0 Å². The predicted octanol–water partition coefficient (Wildman–Crippen LogP) is 3.31. The van der Waals surface area contributed by atoms with Crippen LogP contribution in [0.1, 0.15) is 41.8 Å². The van der Waals surface area contributed by atoms with Crippen LogP contribution in [0, 0.1) is 0 Å². The molecule has 0 fully saturated rings. The Hall–Kier alpha value is -2.82. The Balaban J connectivity index is 1.76. The van der Waals surface area contributed by atoms with Gasteiger partial charge in [-0.15, -0.1) is 0 Å². The number of fused-ring (bicyclic) bond motifs is 1. The van der Waals surface area contributed by atoms with Gasteiger partial charge in [0.05, 0.1) is 6.61 Å². The topological polar surface area (TPSA) is 58.6 Å². The van der Waals surface area contributed by atoms with Gasteiger partial charge in [-0.3, -0.25) is 9.59 Å². The van der Waals surface area contributed by atoms with Crippen molar-refractivity contribution in [3.05, 3.63) is 59.2 Å². The average molecular weight is 352 g/mol. The molecule has 1 heterocycles. The molecule has 0 aromatic heterocycles. The van der Waals surface area contributed by atoms with Crippen molar-refractivity contribution in [2.45, 2.75) is 33.2 Å². The molecule has 0 bridgehead atoms. The Bertz CT molecular complexity index is 817. The lowest BCUT2D eigenvalue weighted by molar-refractivity contribution is -0.118. The van der Waals surface area contributed by atoms with Crippen LogP contribution in [0.4, 0.5) is 5.69 Å². The molecule has 5 heteroatoms. The number of nitrogens with one attached hydrogen (secondary N) is 1. The van der Waals surface area contributed by atoms with Crippen LogP contribution >= 0.6 is 0 Å². The van der Waals surface area contributed by atoms with E-state index >= 15 is 0 Å². The summed E-state index contributed by atoms with van der Waals surface area (Å²) in [4.78, 5) is 26.6. The molecule has 3 rings (SSSR count). The average Bonchev–Trinajstić information content (AvgIpc) is 3.11. The van der Waals surface area contributed by atoms with Crippen molar-refractivity contribution in [1.82, 2.24) is 5.32 Å². The highest BCUT2D eigenvalue weighted by Crippen LogP contribution is 2.31. The van der Waals surface area contributed by atoms with Gasteiger partial charge in [0.25, 0.3) is 5.91 Å². The second-order valence-electron chi connectivity index (χ2n) is 6.18. The molecule has 2 aromatic rings. The van der Waals surface area contributed by atoms with Gasteiger partial charge < -0.3 is 15.0 Å². The first kappa shape index (κ1) is 18.0. The van der Waals surface area contributed by atoms with E-state index in [0.717, 1.165) is 22.6 Å². The second-order valence-corrected chi connectivity index (χ2v) is 6.18. The molecule has 0 saturated heterocycles. The Morgan fingerprint density at radius 1 is 1.12 bits per heavy atom. The monoisotopic (exact) mass is 352 g/mol. The molecule has 136 valence electrons. The van der Waals surface area contributed by atoms with Gasteiger partial charge in [-0.05, 0) is 37.1 Å². The van der Waals surface area contributed by atoms with E-state index in [9.17, 15) is 9.59 Å². The quantitative estimate of drug-likeness (QED) is 0.868. The summed E-state index contributed by atoms with van der Waals surface area (Å²) in [5.41, 5.74) is 3.39. The number of hydrogen-bond acceptors (Lipinski definition) is 3. The molecule has 0 spiro atoms. The fourth-order valence-corrected chi connectivity index (χ4v) is 3.31. The predicted molar refractivity (Wildman–Crippen MR) is 102 cm³/mol. The molecule has 0 atom stereocenters. The summed E-state index contributed by atoms with van der Waals surface area (Å²) in [6, 6.07) is 13.3. The maximum absolute atomic E-state index is 12.7. The molecular formula is C21H24N2O3. The molecule has 1 aliphatic rings. The summed E-state index contributed by atoms with van der Waals surface area (Å²) in [6.45, 7) is 5.41. The SMILES string of the molecule is CCOc1ccccc1CNC(=O)c1cccc2c1CCN2C(=O)CC. The second kappa shape index (κ2) is 8.04. The molecule has 26 heavy (non-hydrogen) atoms. The van der Waals surface area contributed by atoms with E-state index in [4.69, 9.17) is 4.74 Å². The minimum absolute atomic E-state index is 0.0898. The number of ether oxygens (including phenoxy) is 1. The molecule has 1 aliphatic heterocycles. The van der Waals surface area contributed by atoms with Crippen molar-refractivity contribution in [3.63, 3.8) is 0 Å². The van der Waals surface area contributed by atoms with E-state index in [1.54, 1.807) is 4.90 Å². The lowest BCUT2D eigenvalue weighted by Gasteiger charge is -2.17. The Labute approximate surface area is 154 Å². The standard InChI is InChI=1S/C21H24N2O3/c1-3-20(24)23-13-12-16-17(9-7-10-18(16)23)21(25)22-14-15-8-5-6-11-19(15)26-4-2/h5-11H,3-4,12-14H2,1-2H3,(H,22,25). The first-order valence-corrected chi connectivity index (χ1v) is 9.06. The van der Waals surface area contributed by atoms with E-state index in [0.29, 0.717) is 38.1 Å². The van der Waals surface area contributed by atoms with Crippen LogP contribution in [-0.4, -0.2) is 25.0 Å². The smallest absolute Gasteiger partial charge is 0.251 e. The Morgan fingerprint density at radius 3 is 2.69 bits per heavy atom. The molecule has 0 aliphatic carbocycles. The van der Waals surface area contributed by atoms with E-state index < -0.39 is 0 Å². The lowest BCUT2D eigenvalue weighted by atomic mass is 10.0. The normalized spacial score (nSPS) is 12.6. The lowest BCUT2D eigenvalue weighted by Crippen LogP contribution is -2.27. The van der Waals surface area contributed by atoms with E-state index in [1.807, 2.05) is 56.3 Å². The number of carbonyl (C=O) groups excluding carboxylic acids is 2. The van der Waals surface area contributed by atoms with Crippen LogP contribution in [0.5, 0.6) is 5.75 Å². The Morgan fingerprint density at radius 2 is 1.92 bits per heavy atom. The molecule has 0 saturated carbocycles. The number of nitrogens with zero attached hydrogens (tertiary/aromatic N) is 1. The number of carbonyl (C=O) groups is 2. The van der Waals surface area contributed by atoms with Gasteiger partial charge in [0.2, 0.25) is 5.91 Å². The van der Waals surface area contributed by atoms with Crippen LogP contribution in [0.3, 0.4) is 0 Å². The number of rotatable bonds is 6. The van der Waals surface area contributed by atoms with Crippen molar-refractivity contribution in [2.24, 2.45) is 0 Å². The highest BCUT2D eigenvalue weighted by molar-refractivity contribution is 6.01. The van der Waals surface area contributed by atoms with Crippen molar-refractivity contribution < 1.29 is 14.3 Å². The first-order chi connectivity index (χ1) is 12.7. The first-order valence-electron chi connectivity index (χ1n) is 9.06. The molecular weight excluding hydrogens is 328 g/mol. The van der Waals surface area contributed by atoms with Crippen LogP contribution < -0.4 is 15.0 Å². The van der Waals surface area contributed by atoms with Gasteiger partial charge in [0.15, 0.2) is 0 Å². The molecule has 2 aromatic carbocycles. The summed E-state index contributed by atoms with van der Waals surface area (Å²) in [7, 11) is 0. The number of anilines is 1. The van der Waals surface area contributed by atoms with E-state index in [-0.39, 0.29) is 11.8 Å². The Kier molecular flexibility index (Phi) is 5.56. The summed E-state index contributed by atoms with van der Waals surface area (Å²) in [5.74, 6) is 0.749.